The second kappa shape index (κ2) is 6.25. The fourth-order valence-corrected chi connectivity index (χ4v) is 1.97. The van der Waals surface area contributed by atoms with Crippen LogP contribution in [0, 0.1) is 10.1 Å². The number of nitrogens with zero attached hydrogens (tertiary/aromatic N) is 2. The average molecular weight is 345 g/mol. The summed E-state index contributed by atoms with van der Waals surface area (Å²) >= 11 is 5.71. The zero-order valence-electron chi connectivity index (χ0n) is 11.2. The van der Waals surface area contributed by atoms with Crippen molar-refractivity contribution in [2.24, 2.45) is 4.99 Å². The van der Waals surface area contributed by atoms with Gasteiger partial charge in [0.15, 0.2) is 0 Å². The minimum Gasteiger partial charge on any atom is -0.502 e. The minimum atomic E-state index is -4.51. The Bertz CT molecular complexity index is 791. The molecule has 0 atom stereocenters. The molecule has 0 aliphatic heterocycles. The van der Waals surface area contributed by atoms with Crippen LogP contribution in [0.25, 0.3) is 0 Å². The fraction of sp³-hybridized carbons (Fsp3) is 0.0714. The third-order valence-corrected chi connectivity index (χ3v) is 3.03. The molecule has 1 N–H and O–H groups in total. The summed E-state index contributed by atoms with van der Waals surface area (Å²) in [5.74, 6) is -0.671. The van der Waals surface area contributed by atoms with Crippen LogP contribution in [0.1, 0.15) is 11.1 Å². The molecule has 0 aliphatic rings. The lowest BCUT2D eigenvalue weighted by atomic mass is 10.1. The van der Waals surface area contributed by atoms with Crippen LogP contribution in [0.3, 0.4) is 0 Å². The molecule has 0 aromatic heterocycles. The molecule has 0 saturated carbocycles. The maximum atomic E-state index is 12.6. The van der Waals surface area contributed by atoms with Gasteiger partial charge in [0.2, 0.25) is 5.75 Å². The van der Waals surface area contributed by atoms with Gasteiger partial charge in [-0.05, 0) is 24.3 Å². The first kappa shape index (κ1) is 16.8. The van der Waals surface area contributed by atoms with E-state index >= 15 is 0 Å². The van der Waals surface area contributed by atoms with E-state index in [2.05, 4.69) is 4.99 Å². The first-order chi connectivity index (χ1) is 10.7. The number of aromatic hydroxyl groups is 1. The molecule has 0 radical (unpaired) electrons. The van der Waals surface area contributed by atoms with Crippen molar-refractivity contribution in [2.45, 2.75) is 6.18 Å². The Morgan fingerprint density at radius 3 is 2.57 bits per heavy atom. The van der Waals surface area contributed by atoms with Gasteiger partial charge in [0.1, 0.15) is 0 Å². The van der Waals surface area contributed by atoms with E-state index in [1.54, 1.807) is 0 Å². The van der Waals surface area contributed by atoms with Gasteiger partial charge in [0, 0.05) is 22.9 Å². The second-order valence-electron chi connectivity index (χ2n) is 4.43. The molecule has 0 saturated heterocycles. The number of hydrogen-bond acceptors (Lipinski definition) is 4. The number of phenols is 1. The summed E-state index contributed by atoms with van der Waals surface area (Å²) in [7, 11) is 0. The standard InChI is InChI=1S/C14H8ClF3N2O3/c15-10-4-8(13(21)12(6-10)20(22)23)7-19-11-3-1-2-9(5-11)14(16,17)18/h1-7,21H. The van der Waals surface area contributed by atoms with Gasteiger partial charge in [0.25, 0.3) is 0 Å². The lowest BCUT2D eigenvalue weighted by Crippen LogP contribution is -2.03. The average Bonchev–Trinajstić information content (AvgIpc) is 2.47. The molecular weight excluding hydrogens is 337 g/mol. The Labute approximate surface area is 132 Å². The highest BCUT2D eigenvalue weighted by Crippen LogP contribution is 2.33. The van der Waals surface area contributed by atoms with E-state index in [1.165, 1.54) is 18.2 Å². The van der Waals surface area contributed by atoms with Crippen LogP contribution in [0.4, 0.5) is 24.5 Å². The third-order valence-electron chi connectivity index (χ3n) is 2.81. The van der Waals surface area contributed by atoms with Crippen LogP contribution in [0.2, 0.25) is 5.02 Å². The van der Waals surface area contributed by atoms with Gasteiger partial charge in [-0.15, -0.1) is 0 Å². The third kappa shape index (κ3) is 3.98. The molecule has 9 heteroatoms. The van der Waals surface area contributed by atoms with Crippen LogP contribution < -0.4 is 0 Å². The van der Waals surface area contributed by atoms with Crippen LogP contribution >= 0.6 is 11.6 Å². The molecule has 0 heterocycles. The number of nitro benzene ring substituents is 1. The number of nitro groups is 1. The molecule has 5 nitrogen and oxygen atoms in total. The van der Waals surface area contributed by atoms with Gasteiger partial charge < -0.3 is 5.11 Å². The van der Waals surface area contributed by atoms with Crippen molar-refractivity contribution < 1.29 is 23.2 Å². The molecule has 23 heavy (non-hydrogen) atoms. The fourth-order valence-electron chi connectivity index (χ4n) is 1.75. The molecule has 0 bridgehead atoms. The Morgan fingerprint density at radius 2 is 1.96 bits per heavy atom. The Kier molecular flexibility index (Phi) is 4.55. The lowest BCUT2D eigenvalue weighted by Gasteiger charge is -2.06. The van der Waals surface area contributed by atoms with Crippen molar-refractivity contribution in [1.29, 1.82) is 0 Å². The number of benzene rings is 2. The van der Waals surface area contributed by atoms with E-state index in [1.807, 2.05) is 0 Å². The largest absolute Gasteiger partial charge is 0.502 e. The minimum absolute atomic E-state index is 0.0139. The van der Waals surface area contributed by atoms with E-state index in [9.17, 15) is 28.4 Å². The van der Waals surface area contributed by atoms with Crippen molar-refractivity contribution >= 4 is 29.2 Å². The van der Waals surface area contributed by atoms with Crippen LogP contribution in [-0.4, -0.2) is 16.2 Å². The molecule has 2 rings (SSSR count). The van der Waals surface area contributed by atoms with Crippen LogP contribution in [0.15, 0.2) is 41.4 Å². The summed E-state index contributed by atoms with van der Waals surface area (Å²) in [5.41, 5.74) is -1.61. The van der Waals surface area contributed by atoms with Crippen molar-refractivity contribution in [3.63, 3.8) is 0 Å². The molecule has 0 amide bonds. The maximum Gasteiger partial charge on any atom is 0.416 e. The lowest BCUT2D eigenvalue weighted by molar-refractivity contribution is -0.385. The molecule has 0 aliphatic carbocycles. The summed E-state index contributed by atoms with van der Waals surface area (Å²) in [6.45, 7) is 0. The predicted octanol–water partition coefficient (Wildman–Crippen LogP) is 4.72. The highest BCUT2D eigenvalue weighted by Gasteiger charge is 2.30. The molecule has 0 spiro atoms. The molecule has 2 aromatic rings. The van der Waals surface area contributed by atoms with Crippen LogP contribution in [0.5, 0.6) is 5.75 Å². The molecule has 0 unspecified atom stereocenters. The highest BCUT2D eigenvalue weighted by atomic mass is 35.5. The van der Waals surface area contributed by atoms with Gasteiger partial charge in [-0.1, -0.05) is 17.7 Å². The van der Waals surface area contributed by atoms with E-state index in [0.717, 1.165) is 24.4 Å². The number of halogens is 4. The van der Waals surface area contributed by atoms with Crippen LogP contribution in [-0.2, 0) is 6.18 Å². The second-order valence-corrected chi connectivity index (χ2v) is 4.86. The van der Waals surface area contributed by atoms with Gasteiger partial charge in [-0.3, -0.25) is 15.1 Å². The zero-order chi connectivity index (χ0) is 17.2. The van der Waals surface area contributed by atoms with E-state index < -0.39 is 28.1 Å². The summed E-state index contributed by atoms with van der Waals surface area (Å²) < 4.78 is 37.8. The predicted molar refractivity (Wildman–Crippen MR) is 78.5 cm³/mol. The summed E-state index contributed by atoms with van der Waals surface area (Å²) in [6.07, 6.45) is -3.51. The normalized spacial score (nSPS) is 11.8. The number of alkyl halides is 3. The van der Waals surface area contributed by atoms with Crippen molar-refractivity contribution in [2.75, 3.05) is 0 Å². The van der Waals surface area contributed by atoms with Crippen molar-refractivity contribution in [3.8, 4) is 5.75 Å². The maximum absolute atomic E-state index is 12.6. The molecular formula is C14H8ClF3N2O3. The smallest absolute Gasteiger partial charge is 0.416 e. The molecule has 120 valence electrons. The first-order valence-corrected chi connectivity index (χ1v) is 6.44. The van der Waals surface area contributed by atoms with E-state index in [4.69, 9.17) is 11.6 Å². The quantitative estimate of drug-likeness (QED) is 0.497. The van der Waals surface area contributed by atoms with Gasteiger partial charge in [-0.25, -0.2) is 0 Å². The topological polar surface area (TPSA) is 75.7 Å². The SMILES string of the molecule is O=[N+]([O-])c1cc(Cl)cc(C=Nc2cccc(C(F)(F)F)c2)c1O. The van der Waals surface area contributed by atoms with Gasteiger partial charge in [0.05, 0.1) is 16.2 Å². The molecule has 2 aromatic carbocycles. The summed E-state index contributed by atoms with van der Waals surface area (Å²) in [6, 6.07) is 6.37. The van der Waals surface area contributed by atoms with Crippen molar-refractivity contribution in [3.05, 3.63) is 62.7 Å². The monoisotopic (exact) mass is 344 g/mol. The molecule has 0 fully saturated rings. The first-order valence-electron chi connectivity index (χ1n) is 6.06. The Hall–Kier alpha value is -2.61. The van der Waals surface area contributed by atoms with Gasteiger partial charge in [-0.2, -0.15) is 13.2 Å². The van der Waals surface area contributed by atoms with Crippen molar-refractivity contribution in [1.82, 2.24) is 0 Å². The number of aliphatic imine (C=N–C) groups is 1. The van der Waals surface area contributed by atoms with Gasteiger partial charge >= 0.3 is 11.9 Å². The number of hydrogen-bond donors (Lipinski definition) is 1. The van der Waals surface area contributed by atoms with E-state index in [0.29, 0.717) is 0 Å². The number of rotatable bonds is 3. The highest BCUT2D eigenvalue weighted by molar-refractivity contribution is 6.31. The zero-order valence-corrected chi connectivity index (χ0v) is 12.0. The summed E-state index contributed by atoms with van der Waals surface area (Å²) in [5, 5.41) is 20.5. The number of phenolic OH excluding ortho intramolecular Hbond substituents is 1. The Morgan fingerprint density at radius 1 is 1.26 bits per heavy atom. The van der Waals surface area contributed by atoms with E-state index in [-0.39, 0.29) is 16.3 Å². The summed E-state index contributed by atoms with van der Waals surface area (Å²) in [4.78, 5) is 13.7. The Balaban J connectivity index is 2.40.